The van der Waals surface area contributed by atoms with Crippen molar-refractivity contribution in [2.75, 3.05) is 12.0 Å². The van der Waals surface area contributed by atoms with Crippen LogP contribution in [0.15, 0.2) is 64.1 Å². The van der Waals surface area contributed by atoms with E-state index in [0.717, 1.165) is 10.7 Å². The summed E-state index contributed by atoms with van der Waals surface area (Å²) in [6, 6.07) is 13.0. The van der Waals surface area contributed by atoms with Crippen molar-refractivity contribution < 1.29 is 19.2 Å². The van der Waals surface area contributed by atoms with Crippen LogP contribution in [-0.2, 0) is 4.79 Å². The fourth-order valence-electron chi connectivity index (χ4n) is 2.98. The minimum absolute atomic E-state index is 0.141. The first-order chi connectivity index (χ1) is 16.3. The van der Waals surface area contributed by atoms with Crippen LogP contribution in [0.4, 0.5) is 11.4 Å². The van der Waals surface area contributed by atoms with Gasteiger partial charge in [-0.2, -0.15) is 0 Å². The van der Waals surface area contributed by atoms with Crippen LogP contribution in [0.3, 0.4) is 0 Å². The Morgan fingerprint density at radius 1 is 1.21 bits per heavy atom. The largest absolute Gasteiger partial charge is 0.493 e. The Balaban J connectivity index is 1.57. The van der Waals surface area contributed by atoms with Crippen molar-refractivity contribution in [1.82, 2.24) is 4.98 Å². The molecule has 172 valence electrons. The van der Waals surface area contributed by atoms with Gasteiger partial charge in [0.1, 0.15) is 6.20 Å². The molecule has 0 unspecified atom stereocenters. The Hall–Kier alpha value is -2.99. The van der Waals surface area contributed by atoms with Gasteiger partial charge in [-0.05, 0) is 57.9 Å². The molecule has 1 aliphatic rings. The van der Waals surface area contributed by atoms with E-state index in [1.54, 1.807) is 42.5 Å². The third-order valence-corrected chi connectivity index (χ3v) is 7.12. The number of rotatable bonds is 6. The summed E-state index contributed by atoms with van der Waals surface area (Å²) in [5, 5.41) is 11.2. The summed E-state index contributed by atoms with van der Waals surface area (Å²) in [6.07, 6.45) is 2.81. The highest BCUT2D eigenvalue weighted by atomic mass is 79.9. The van der Waals surface area contributed by atoms with Crippen molar-refractivity contribution in [1.29, 1.82) is 0 Å². The lowest BCUT2D eigenvalue weighted by Crippen LogP contribution is -2.27. The molecule has 0 atom stereocenters. The average molecular weight is 579 g/mol. The number of carbonyl (C=O) groups is 1. The minimum atomic E-state index is -0.542. The average Bonchev–Trinajstić information content (AvgIpc) is 3.09. The summed E-state index contributed by atoms with van der Waals surface area (Å²) in [7, 11) is 1.48. The van der Waals surface area contributed by atoms with Gasteiger partial charge in [0.05, 0.1) is 27.6 Å². The molecule has 4 rings (SSSR count). The highest BCUT2D eigenvalue weighted by molar-refractivity contribution is 9.10. The molecule has 0 N–H and O–H groups in total. The van der Waals surface area contributed by atoms with Gasteiger partial charge in [0.25, 0.3) is 11.6 Å². The highest BCUT2D eigenvalue weighted by Gasteiger charge is 2.33. The van der Waals surface area contributed by atoms with E-state index in [0.29, 0.717) is 37.0 Å². The zero-order chi connectivity index (χ0) is 24.4. The van der Waals surface area contributed by atoms with E-state index in [1.165, 1.54) is 35.9 Å². The van der Waals surface area contributed by atoms with Gasteiger partial charge in [0, 0.05) is 16.6 Å². The SMILES string of the molecule is COc1cc(/C=C2/SC(=S)N(c3ccc(Br)c(Cl)c3)C2=O)ccc1Oc1ccc([N+](=O)[O-])cn1. The topological polar surface area (TPSA) is 94.8 Å². The highest BCUT2D eigenvalue weighted by Crippen LogP contribution is 2.39. The number of hydrogen-bond donors (Lipinski definition) is 0. The van der Waals surface area contributed by atoms with Crippen molar-refractivity contribution >= 4 is 79.2 Å². The van der Waals surface area contributed by atoms with Crippen LogP contribution in [0, 0.1) is 10.1 Å². The number of methoxy groups -OCH3 is 1. The first-order valence-electron chi connectivity index (χ1n) is 9.46. The molecule has 0 radical (unpaired) electrons. The van der Waals surface area contributed by atoms with E-state index in [1.807, 2.05) is 0 Å². The van der Waals surface area contributed by atoms with E-state index >= 15 is 0 Å². The van der Waals surface area contributed by atoms with Crippen LogP contribution < -0.4 is 14.4 Å². The minimum Gasteiger partial charge on any atom is -0.493 e. The summed E-state index contributed by atoms with van der Waals surface area (Å²) in [4.78, 5) is 29.1. The van der Waals surface area contributed by atoms with Gasteiger partial charge in [-0.25, -0.2) is 4.98 Å². The Morgan fingerprint density at radius 2 is 2.00 bits per heavy atom. The molecule has 34 heavy (non-hydrogen) atoms. The molecule has 3 aromatic rings. The van der Waals surface area contributed by atoms with Crippen LogP contribution in [0.5, 0.6) is 17.4 Å². The fraction of sp³-hybridized carbons (Fsp3) is 0.0455. The molecule has 0 bridgehead atoms. The number of halogens is 2. The number of ether oxygens (including phenoxy) is 2. The lowest BCUT2D eigenvalue weighted by atomic mass is 10.2. The number of benzene rings is 2. The first kappa shape index (κ1) is 24.1. The normalized spacial score (nSPS) is 14.6. The van der Waals surface area contributed by atoms with Crippen LogP contribution in [0.25, 0.3) is 6.08 Å². The summed E-state index contributed by atoms with van der Waals surface area (Å²) in [5.41, 5.74) is 1.13. The van der Waals surface area contributed by atoms with Gasteiger partial charge in [-0.15, -0.1) is 0 Å². The third-order valence-electron chi connectivity index (χ3n) is 4.59. The van der Waals surface area contributed by atoms with E-state index in [9.17, 15) is 14.9 Å². The van der Waals surface area contributed by atoms with Crippen LogP contribution in [0.2, 0.25) is 5.02 Å². The number of nitro groups is 1. The van der Waals surface area contributed by atoms with E-state index in [-0.39, 0.29) is 17.5 Å². The van der Waals surface area contributed by atoms with E-state index < -0.39 is 4.92 Å². The zero-order valence-electron chi connectivity index (χ0n) is 17.2. The molecule has 0 aliphatic carbocycles. The maximum absolute atomic E-state index is 13.0. The number of thioether (sulfide) groups is 1. The molecule has 1 aliphatic heterocycles. The van der Waals surface area contributed by atoms with Crippen molar-refractivity contribution in [3.8, 4) is 17.4 Å². The zero-order valence-corrected chi connectivity index (χ0v) is 21.2. The van der Waals surface area contributed by atoms with Gasteiger partial charge in [0.15, 0.2) is 15.8 Å². The molecule has 0 saturated carbocycles. The number of thiocarbonyl (C=S) groups is 1. The lowest BCUT2D eigenvalue weighted by molar-refractivity contribution is -0.385. The Bertz CT molecular complexity index is 1350. The summed E-state index contributed by atoms with van der Waals surface area (Å²) < 4.78 is 12.2. The van der Waals surface area contributed by atoms with Crippen LogP contribution >= 0.6 is 51.5 Å². The van der Waals surface area contributed by atoms with Gasteiger partial charge in [0.2, 0.25) is 5.88 Å². The molecule has 1 fully saturated rings. The molecule has 8 nitrogen and oxygen atoms in total. The fourth-order valence-corrected chi connectivity index (χ4v) is 4.70. The number of hydrogen-bond acceptors (Lipinski definition) is 8. The Labute approximate surface area is 216 Å². The Kier molecular flexibility index (Phi) is 7.17. The molecular formula is C22H13BrClN3O5S2. The van der Waals surface area contributed by atoms with Crippen molar-refractivity contribution in [2.45, 2.75) is 0 Å². The quantitative estimate of drug-likeness (QED) is 0.140. The molecule has 1 aromatic heterocycles. The monoisotopic (exact) mass is 577 g/mol. The van der Waals surface area contributed by atoms with Crippen LogP contribution in [0.1, 0.15) is 5.56 Å². The number of aromatic nitrogens is 1. The predicted octanol–water partition coefficient (Wildman–Crippen LogP) is 6.61. The number of anilines is 1. The number of pyridine rings is 1. The van der Waals surface area contributed by atoms with Crippen molar-refractivity contribution in [3.63, 3.8) is 0 Å². The smallest absolute Gasteiger partial charge is 0.287 e. The molecule has 0 spiro atoms. The number of nitrogens with zero attached hydrogens (tertiary/aromatic N) is 3. The number of carbonyl (C=O) groups excluding carboxylic acids is 1. The maximum Gasteiger partial charge on any atom is 0.287 e. The lowest BCUT2D eigenvalue weighted by Gasteiger charge is -2.15. The van der Waals surface area contributed by atoms with E-state index in [4.69, 9.17) is 33.3 Å². The van der Waals surface area contributed by atoms with Crippen molar-refractivity contribution in [2.24, 2.45) is 0 Å². The van der Waals surface area contributed by atoms with Crippen LogP contribution in [-0.4, -0.2) is 27.2 Å². The van der Waals surface area contributed by atoms with Gasteiger partial charge in [-0.3, -0.25) is 19.8 Å². The summed E-state index contributed by atoms with van der Waals surface area (Å²) >= 11 is 16.1. The number of amides is 1. The second-order valence-corrected chi connectivity index (χ2v) is 9.68. The molecule has 1 saturated heterocycles. The molecular weight excluding hydrogens is 566 g/mol. The van der Waals surface area contributed by atoms with Gasteiger partial charge in [-0.1, -0.05) is 41.6 Å². The predicted molar refractivity (Wildman–Crippen MR) is 139 cm³/mol. The second kappa shape index (κ2) is 10.1. The van der Waals surface area contributed by atoms with Gasteiger partial charge < -0.3 is 9.47 Å². The molecule has 1 amide bonds. The summed E-state index contributed by atoms with van der Waals surface area (Å²) in [5.74, 6) is 0.663. The second-order valence-electron chi connectivity index (χ2n) is 6.74. The molecule has 2 aromatic carbocycles. The standard InChI is InChI=1S/C22H13BrClN3O5S2/c1-31-18-8-12(2-6-17(18)32-20-7-4-14(11-25-20)27(29)30)9-19-21(28)26(22(33)34-19)13-3-5-15(23)16(24)10-13/h2-11H,1H3/b19-9+. The summed E-state index contributed by atoms with van der Waals surface area (Å²) in [6.45, 7) is 0. The van der Waals surface area contributed by atoms with E-state index in [2.05, 4.69) is 20.9 Å². The molecule has 12 heteroatoms. The van der Waals surface area contributed by atoms with Gasteiger partial charge >= 0.3 is 0 Å². The molecule has 2 heterocycles. The Morgan fingerprint density at radius 3 is 2.65 bits per heavy atom. The first-order valence-corrected chi connectivity index (χ1v) is 11.9. The maximum atomic E-state index is 13.0. The van der Waals surface area contributed by atoms with Crippen molar-refractivity contribution in [3.05, 3.63) is 84.8 Å². The third kappa shape index (κ3) is 5.07.